The van der Waals surface area contributed by atoms with Crippen LogP contribution in [0.2, 0.25) is 0 Å². The van der Waals surface area contributed by atoms with Gasteiger partial charge in [0.25, 0.3) is 5.95 Å². The Morgan fingerprint density at radius 2 is 1.16 bits per heavy atom. The van der Waals surface area contributed by atoms with Gasteiger partial charge in [0.1, 0.15) is 0 Å². The van der Waals surface area contributed by atoms with E-state index in [1.807, 2.05) is 0 Å². The molecule has 11 rings (SSSR count). The van der Waals surface area contributed by atoms with E-state index in [0.717, 1.165) is 104 Å². The van der Waals surface area contributed by atoms with Crippen LogP contribution < -0.4 is 21.3 Å². The van der Waals surface area contributed by atoms with Gasteiger partial charge < -0.3 is 14.4 Å². The zero-order valence-electron chi connectivity index (χ0n) is 35.9. The molecule has 64 heavy (non-hydrogen) atoms. The molecule has 7 heterocycles. The lowest BCUT2D eigenvalue weighted by Gasteiger charge is -2.39. The van der Waals surface area contributed by atoms with Gasteiger partial charge in [-0.2, -0.15) is 15.1 Å². The second-order valence-electron chi connectivity index (χ2n) is 17.6. The molecule has 2 aromatic carbocycles. The fourth-order valence-electron chi connectivity index (χ4n) is 9.70. The van der Waals surface area contributed by atoms with E-state index in [1.54, 1.807) is 43.2 Å². The first-order valence-electron chi connectivity index (χ1n) is 22.6. The number of benzene rings is 2. The maximum absolute atomic E-state index is 5.89. The van der Waals surface area contributed by atoms with Crippen LogP contribution in [0.5, 0.6) is 0 Å². The molecular formula is C47H51N15O2. The van der Waals surface area contributed by atoms with Gasteiger partial charge in [0.05, 0.1) is 22.9 Å². The number of nitrogens with one attached hydrogen (secondary N) is 3. The lowest BCUT2D eigenvalue weighted by Crippen LogP contribution is -2.38. The van der Waals surface area contributed by atoms with Crippen LogP contribution in [0.3, 0.4) is 0 Å². The van der Waals surface area contributed by atoms with Crippen molar-refractivity contribution >= 4 is 17.8 Å². The molecule has 0 radical (unpaired) electrons. The minimum Gasteiger partial charge on any atom is -0.338 e. The predicted octanol–water partition coefficient (Wildman–Crippen LogP) is 7.93. The largest absolute Gasteiger partial charge is 0.338 e. The van der Waals surface area contributed by atoms with E-state index in [1.165, 1.54) is 41.9 Å². The third-order valence-corrected chi connectivity index (χ3v) is 13.8. The first-order valence-corrected chi connectivity index (χ1v) is 22.6. The van der Waals surface area contributed by atoms with Crippen LogP contribution in [-0.2, 0) is 10.8 Å². The molecular weight excluding hydrogens is 807 g/mol. The highest BCUT2D eigenvalue weighted by atomic mass is 16.5. The highest BCUT2D eigenvalue weighted by Crippen LogP contribution is 2.50. The zero-order chi connectivity index (χ0) is 42.9. The summed E-state index contributed by atoms with van der Waals surface area (Å²) in [7, 11) is 2.14. The normalized spacial score (nSPS) is 20.5. The summed E-state index contributed by atoms with van der Waals surface area (Å²) in [6, 6.07) is 19.2. The summed E-state index contributed by atoms with van der Waals surface area (Å²) in [5.74, 6) is 4.00. The summed E-state index contributed by atoms with van der Waals surface area (Å²) < 4.78 is 11.7. The van der Waals surface area contributed by atoms with Gasteiger partial charge in [0.15, 0.2) is 11.6 Å². The van der Waals surface area contributed by atoms with Crippen LogP contribution in [0.15, 0.2) is 101 Å². The van der Waals surface area contributed by atoms with Crippen LogP contribution in [-0.4, -0.2) is 75.2 Å². The molecule has 5 aromatic heterocycles. The highest BCUT2D eigenvalue weighted by molar-refractivity contribution is 5.65. The van der Waals surface area contributed by atoms with Crippen molar-refractivity contribution < 1.29 is 9.05 Å². The molecule has 2 atom stereocenters. The zero-order valence-corrected chi connectivity index (χ0v) is 35.9. The predicted molar refractivity (Wildman–Crippen MR) is 238 cm³/mol. The van der Waals surface area contributed by atoms with Crippen LogP contribution in [0, 0.1) is 0 Å². The molecule has 326 valence electrons. The molecule has 4 aliphatic rings. The number of hydrogen-bond acceptors (Lipinski definition) is 17. The van der Waals surface area contributed by atoms with Crippen LogP contribution in [0.25, 0.3) is 22.3 Å². The Morgan fingerprint density at radius 3 is 1.70 bits per heavy atom. The fraction of sp³-hybridized carbons (Fsp3) is 0.404. The van der Waals surface area contributed by atoms with Crippen molar-refractivity contribution in [3.63, 3.8) is 0 Å². The first kappa shape index (κ1) is 40.1. The molecule has 2 unspecified atom stereocenters. The maximum atomic E-state index is 5.89. The van der Waals surface area contributed by atoms with E-state index in [0.29, 0.717) is 23.7 Å². The van der Waals surface area contributed by atoms with E-state index >= 15 is 0 Å². The SMILES string of the molecule is CN1CCCCC1c1nc(C2(c3ccc(-c4cnc(N(Nc5ncccn5)Nc5ncc(-c6ccc(C7(c8noc(C9CCCCN9)n8)CCC7)cc6)cn5)nc4)cc3)CCC2)no1. The number of anilines is 3. The molecule has 17 heteroatoms. The van der Waals surface area contributed by atoms with Gasteiger partial charge in [-0.1, -0.05) is 84.5 Å². The molecule has 2 aliphatic carbocycles. The molecule has 17 nitrogen and oxygen atoms in total. The Kier molecular flexibility index (Phi) is 10.7. The van der Waals surface area contributed by atoms with Crippen molar-refractivity contribution in [2.24, 2.45) is 0 Å². The summed E-state index contributed by atoms with van der Waals surface area (Å²) in [5, 5.41) is 14.1. The quantitative estimate of drug-likeness (QED) is 0.0944. The van der Waals surface area contributed by atoms with Gasteiger partial charge in [-0.05, 0) is 99.8 Å². The fourth-order valence-corrected chi connectivity index (χ4v) is 9.70. The van der Waals surface area contributed by atoms with Gasteiger partial charge in [-0.15, -0.1) is 0 Å². The maximum Gasteiger partial charge on any atom is 0.264 e. The minimum absolute atomic E-state index is 0.141. The summed E-state index contributed by atoms with van der Waals surface area (Å²) in [4.78, 5) is 39.7. The number of hydrogen-bond donors (Lipinski definition) is 3. The van der Waals surface area contributed by atoms with E-state index < -0.39 is 0 Å². The van der Waals surface area contributed by atoms with Crippen molar-refractivity contribution in [3.05, 3.63) is 126 Å². The van der Waals surface area contributed by atoms with Crippen molar-refractivity contribution in [2.45, 2.75) is 100.0 Å². The molecule has 0 bridgehead atoms. The first-order chi connectivity index (χ1) is 31.5. The number of nitrogens with zero attached hydrogens (tertiary/aromatic N) is 12. The average Bonchev–Trinajstić information content (AvgIpc) is 4.02. The lowest BCUT2D eigenvalue weighted by atomic mass is 9.64. The summed E-state index contributed by atoms with van der Waals surface area (Å²) in [6.07, 6.45) is 23.5. The topological polar surface area (TPSA) is 198 Å². The third-order valence-electron chi connectivity index (χ3n) is 13.8. The molecule has 0 amide bonds. The second kappa shape index (κ2) is 17.1. The average molecular weight is 858 g/mol. The molecule has 2 aliphatic heterocycles. The summed E-state index contributed by atoms with van der Waals surface area (Å²) >= 11 is 0. The van der Waals surface area contributed by atoms with E-state index in [4.69, 9.17) is 29.0 Å². The van der Waals surface area contributed by atoms with E-state index in [2.05, 4.69) is 107 Å². The molecule has 4 fully saturated rings. The van der Waals surface area contributed by atoms with Gasteiger partial charge in [-0.3, -0.25) is 4.90 Å². The summed E-state index contributed by atoms with van der Waals surface area (Å²) in [6.45, 7) is 2.04. The van der Waals surface area contributed by atoms with Gasteiger partial charge in [0.2, 0.25) is 23.7 Å². The van der Waals surface area contributed by atoms with Gasteiger partial charge >= 0.3 is 0 Å². The number of piperidine rings is 2. The number of rotatable bonds is 13. The van der Waals surface area contributed by atoms with E-state index in [9.17, 15) is 0 Å². The Labute approximate surface area is 370 Å². The highest BCUT2D eigenvalue weighted by Gasteiger charge is 2.46. The molecule has 7 aromatic rings. The molecule has 3 N–H and O–H groups in total. The number of hydrazine groups is 2. The van der Waals surface area contributed by atoms with Crippen molar-refractivity contribution in [3.8, 4) is 22.3 Å². The number of likely N-dealkylation sites (tertiary alicyclic amines) is 1. The van der Waals surface area contributed by atoms with Crippen LogP contribution in [0.1, 0.15) is 124 Å². The third kappa shape index (κ3) is 7.61. The smallest absolute Gasteiger partial charge is 0.264 e. The van der Waals surface area contributed by atoms with Crippen LogP contribution >= 0.6 is 0 Å². The Bertz CT molecular complexity index is 2640. The van der Waals surface area contributed by atoms with Crippen molar-refractivity contribution in [1.29, 1.82) is 0 Å². The number of aromatic nitrogens is 10. The molecule has 2 saturated heterocycles. The van der Waals surface area contributed by atoms with Crippen molar-refractivity contribution in [2.75, 3.05) is 36.1 Å². The van der Waals surface area contributed by atoms with E-state index in [-0.39, 0.29) is 22.9 Å². The van der Waals surface area contributed by atoms with Crippen LogP contribution in [0.4, 0.5) is 17.8 Å². The Hall–Kier alpha value is -6.72. The molecule has 0 spiro atoms. The van der Waals surface area contributed by atoms with Gasteiger partial charge in [0, 0.05) is 48.3 Å². The second-order valence-corrected chi connectivity index (χ2v) is 17.6. The van der Waals surface area contributed by atoms with Crippen molar-refractivity contribution in [1.82, 2.24) is 60.4 Å². The summed E-state index contributed by atoms with van der Waals surface area (Å²) in [5.41, 5.74) is 12.0. The Balaban J connectivity index is 0.779. The lowest BCUT2D eigenvalue weighted by molar-refractivity contribution is 0.150. The monoisotopic (exact) mass is 857 g/mol. The minimum atomic E-state index is -0.233. The molecule has 2 saturated carbocycles. The van der Waals surface area contributed by atoms with Gasteiger partial charge in [-0.25, -0.2) is 40.8 Å². The standard InChI is InChI=1S/C47H51N15O2/c1-61-26-5-3-10-38(61)40-56-42(60-64-40)47(21-7-22-47)36-17-13-32(14-18-36)34-29-53-45(54-30-34)62(57-43-49-24-8-25-50-43)58-44-51-27-33(28-52-44)31-11-15-35(16-12-31)46(19-6-20-46)41-55-39(63-59-41)37-9-2-4-23-48-37/h8,11-18,24-25,27-30,37-38,48H,2-7,9-10,19-23,26H2,1H3,(H,49,50,57)(H,51,52,58). The Morgan fingerprint density at radius 1 is 0.609 bits per heavy atom.